The third-order valence-corrected chi connectivity index (χ3v) is 3.29. The van der Waals surface area contributed by atoms with Crippen molar-refractivity contribution in [2.45, 2.75) is 13.0 Å². The lowest BCUT2D eigenvalue weighted by Crippen LogP contribution is -2.38. The standard InChI is InChI=1S/C14H19F2N3O/c15-12-3-2-11(13(16)8-12)9-18-14(20)10-19-6-1-4-17-5-7-19/h2-3,8,17H,1,4-7,9-10H2,(H,18,20). The maximum absolute atomic E-state index is 13.4. The van der Waals surface area contributed by atoms with Gasteiger partial charge in [0.2, 0.25) is 5.91 Å². The van der Waals surface area contributed by atoms with E-state index >= 15 is 0 Å². The molecular weight excluding hydrogens is 264 g/mol. The van der Waals surface area contributed by atoms with Crippen LogP contribution < -0.4 is 10.6 Å². The zero-order chi connectivity index (χ0) is 14.4. The van der Waals surface area contributed by atoms with Crippen molar-refractivity contribution in [2.24, 2.45) is 0 Å². The van der Waals surface area contributed by atoms with Crippen LogP contribution in [0.2, 0.25) is 0 Å². The van der Waals surface area contributed by atoms with Gasteiger partial charge in [-0.25, -0.2) is 8.78 Å². The second-order valence-corrected chi connectivity index (χ2v) is 4.89. The molecule has 0 saturated carbocycles. The van der Waals surface area contributed by atoms with E-state index in [1.54, 1.807) is 0 Å². The normalized spacial score (nSPS) is 16.7. The van der Waals surface area contributed by atoms with Crippen LogP contribution in [0.4, 0.5) is 8.78 Å². The molecule has 1 heterocycles. The minimum Gasteiger partial charge on any atom is -0.351 e. The number of rotatable bonds is 4. The van der Waals surface area contributed by atoms with Crippen LogP contribution in [0.15, 0.2) is 18.2 Å². The topological polar surface area (TPSA) is 44.4 Å². The molecule has 1 saturated heterocycles. The monoisotopic (exact) mass is 283 g/mol. The Bertz CT molecular complexity index is 460. The molecule has 2 rings (SSSR count). The number of benzene rings is 1. The molecule has 4 nitrogen and oxygen atoms in total. The van der Waals surface area contributed by atoms with E-state index in [1.807, 2.05) is 0 Å². The van der Waals surface area contributed by atoms with Gasteiger partial charge in [0.15, 0.2) is 0 Å². The summed E-state index contributed by atoms with van der Waals surface area (Å²) in [4.78, 5) is 13.9. The molecule has 0 bridgehead atoms. The highest BCUT2D eigenvalue weighted by atomic mass is 19.1. The molecule has 2 N–H and O–H groups in total. The van der Waals surface area contributed by atoms with Crippen molar-refractivity contribution in [3.8, 4) is 0 Å². The molecule has 1 aromatic carbocycles. The van der Waals surface area contributed by atoms with E-state index in [0.717, 1.165) is 38.7 Å². The van der Waals surface area contributed by atoms with E-state index in [-0.39, 0.29) is 18.0 Å². The fraction of sp³-hybridized carbons (Fsp3) is 0.500. The van der Waals surface area contributed by atoms with Crippen molar-refractivity contribution in [2.75, 3.05) is 32.7 Å². The van der Waals surface area contributed by atoms with Gasteiger partial charge in [-0.2, -0.15) is 0 Å². The summed E-state index contributed by atoms with van der Waals surface area (Å²) in [5.41, 5.74) is 0.289. The Morgan fingerprint density at radius 1 is 1.30 bits per heavy atom. The van der Waals surface area contributed by atoms with E-state index in [1.165, 1.54) is 12.1 Å². The minimum absolute atomic E-state index is 0.0804. The van der Waals surface area contributed by atoms with Crippen molar-refractivity contribution in [3.05, 3.63) is 35.4 Å². The Hall–Kier alpha value is -1.53. The summed E-state index contributed by atoms with van der Waals surface area (Å²) in [5.74, 6) is -1.39. The maximum Gasteiger partial charge on any atom is 0.234 e. The Labute approximate surface area is 117 Å². The van der Waals surface area contributed by atoms with Crippen LogP contribution in [-0.2, 0) is 11.3 Å². The molecule has 1 aromatic rings. The molecule has 1 amide bonds. The number of carbonyl (C=O) groups excluding carboxylic acids is 1. The van der Waals surface area contributed by atoms with Gasteiger partial charge in [-0.15, -0.1) is 0 Å². The van der Waals surface area contributed by atoms with Crippen molar-refractivity contribution in [1.82, 2.24) is 15.5 Å². The minimum atomic E-state index is -0.635. The molecule has 1 aliphatic rings. The van der Waals surface area contributed by atoms with Gasteiger partial charge in [0, 0.05) is 31.3 Å². The van der Waals surface area contributed by atoms with E-state index in [4.69, 9.17) is 0 Å². The fourth-order valence-electron chi connectivity index (χ4n) is 2.18. The summed E-state index contributed by atoms with van der Waals surface area (Å²) in [6, 6.07) is 3.35. The summed E-state index contributed by atoms with van der Waals surface area (Å²) in [6.07, 6.45) is 1.01. The lowest BCUT2D eigenvalue weighted by molar-refractivity contribution is -0.122. The molecule has 0 spiro atoms. The van der Waals surface area contributed by atoms with Crippen molar-refractivity contribution < 1.29 is 13.6 Å². The SMILES string of the molecule is O=C(CN1CCCNCC1)NCc1ccc(F)cc1F. The Kier molecular flexibility index (Phi) is 5.43. The van der Waals surface area contributed by atoms with Crippen LogP contribution >= 0.6 is 0 Å². The predicted octanol–water partition coefficient (Wildman–Crippen LogP) is 0.876. The summed E-state index contributed by atoms with van der Waals surface area (Å²) in [6.45, 7) is 3.95. The highest BCUT2D eigenvalue weighted by Gasteiger charge is 2.13. The first-order valence-corrected chi connectivity index (χ1v) is 6.79. The number of hydrogen-bond donors (Lipinski definition) is 2. The molecular formula is C14H19F2N3O. The summed E-state index contributed by atoms with van der Waals surface area (Å²) in [5, 5.41) is 5.93. The highest BCUT2D eigenvalue weighted by molar-refractivity contribution is 5.78. The summed E-state index contributed by atoms with van der Waals surface area (Å²) < 4.78 is 26.2. The smallest absolute Gasteiger partial charge is 0.234 e. The first-order chi connectivity index (χ1) is 9.65. The van der Waals surface area contributed by atoms with E-state index in [2.05, 4.69) is 15.5 Å². The third kappa shape index (κ3) is 4.54. The Morgan fingerprint density at radius 3 is 2.95 bits per heavy atom. The second kappa shape index (κ2) is 7.31. The molecule has 6 heteroatoms. The van der Waals surface area contributed by atoms with Gasteiger partial charge in [-0.1, -0.05) is 6.07 Å². The van der Waals surface area contributed by atoms with Gasteiger partial charge in [-0.3, -0.25) is 9.69 Å². The molecule has 1 aliphatic heterocycles. The van der Waals surface area contributed by atoms with E-state index in [0.29, 0.717) is 6.54 Å². The first-order valence-electron chi connectivity index (χ1n) is 6.79. The van der Waals surface area contributed by atoms with Gasteiger partial charge >= 0.3 is 0 Å². The van der Waals surface area contributed by atoms with Crippen LogP contribution in [0.1, 0.15) is 12.0 Å². The van der Waals surface area contributed by atoms with Crippen molar-refractivity contribution in [3.63, 3.8) is 0 Å². The van der Waals surface area contributed by atoms with Crippen LogP contribution in [0.25, 0.3) is 0 Å². The van der Waals surface area contributed by atoms with Crippen LogP contribution in [0.5, 0.6) is 0 Å². The van der Waals surface area contributed by atoms with Crippen LogP contribution in [0, 0.1) is 11.6 Å². The van der Waals surface area contributed by atoms with Gasteiger partial charge in [0.25, 0.3) is 0 Å². The molecule has 0 aromatic heterocycles. The van der Waals surface area contributed by atoms with Crippen LogP contribution in [0.3, 0.4) is 0 Å². The van der Waals surface area contributed by atoms with Gasteiger partial charge in [0.05, 0.1) is 6.54 Å². The maximum atomic E-state index is 13.4. The number of carbonyl (C=O) groups is 1. The predicted molar refractivity (Wildman–Crippen MR) is 72.1 cm³/mol. The van der Waals surface area contributed by atoms with E-state index in [9.17, 15) is 13.6 Å². The number of halogens is 2. The lowest BCUT2D eigenvalue weighted by Gasteiger charge is -2.18. The number of amides is 1. The largest absolute Gasteiger partial charge is 0.351 e. The Balaban J connectivity index is 1.79. The average Bonchev–Trinajstić information content (AvgIpc) is 2.66. The molecule has 0 atom stereocenters. The zero-order valence-electron chi connectivity index (χ0n) is 11.3. The highest BCUT2D eigenvalue weighted by Crippen LogP contribution is 2.09. The summed E-state index contributed by atoms with van der Waals surface area (Å²) in [7, 11) is 0. The summed E-state index contributed by atoms with van der Waals surface area (Å²) >= 11 is 0. The molecule has 0 aliphatic carbocycles. The molecule has 20 heavy (non-hydrogen) atoms. The van der Waals surface area contributed by atoms with Gasteiger partial charge < -0.3 is 10.6 Å². The zero-order valence-corrected chi connectivity index (χ0v) is 11.3. The van der Waals surface area contributed by atoms with Crippen molar-refractivity contribution in [1.29, 1.82) is 0 Å². The average molecular weight is 283 g/mol. The molecule has 1 fully saturated rings. The number of nitrogens with one attached hydrogen (secondary N) is 2. The van der Waals surface area contributed by atoms with Gasteiger partial charge in [-0.05, 0) is 25.6 Å². The molecule has 0 radical (unpaired) electrons. The second-order valence-electron chi connectivity index (χ2n) is 4.89. The number of hydrogen-bond acceptors (Lipinski definition) is 3. The molecule has 0 unspecified atom stereocenters. The fourth-order valence-corrected chi connectivity index (χ4v) is 2.18. The van der Waals surface area contributed by atoms with Gasteiger partial charge in [0.1, 0.15) is 11.6 Å². The van der Waals surface area contributed by atoms with E-state index < -0.39 is 11.6 Å². The van der Waals surface area contributed by atoms with Crippen LogP contribution in [-0.4, -0.2) is 43.5 Å². The molecule has 110 valence electrons. The number of nitrogens with zero attached hydrogens (tertiary/aromatic N) is 1. The Morgan fingerprint density at radius 2 is 2.15 bits per heavy atom. The first kappa shape index (κ1) is 14.9. The third-order valence-electron chi connectivity index (χ3n) is 3.29. The quantitative estimate of drug-likeness (QED) is 0.862. The lowest BCUT2D eigenvalue weighted by atomic mass is 10.2. The van der Waals surface area contributed by atoms with Crippen molar-refractivity contribution >= 4 is 5.91 Å².